The van der Waals surface area contributed by atoms with Crippen molar-refractivity contribution in [2.75, 3.05) is 39.9 Å². The van der Waals surface area contributed by atoms with E-state index < -0.39 is 0 Å². The number of fused-ring (bicyclic) bond motifs is 1. The molecule has 2 aromatic rings. The first-order valence-electron chi connectivity index (χ1n) is 11.5. The Morgan fingerprint density at radius 1 is 1.16 bits per heavy atom. The van der Waals surface area contributed by atoms with Crippen LogP contribution in [-0.2, 0) is 11.3 Å². The second-order valence-corrected chi connectivity index (χ2v) is 9.05. The van der Waals surface area contributed by atoms with Gasteiger partial charge in [-0.3, -0.25) is 9.69 Å². The number of aryl methyl sites for hydroxylation is 1. The van der Waals surface area contributed by atoms with Gasteiger partial charge in [0, 0.05) is 43.7 Å². The summed E-state index contributed by atoms with van der Waals surface area (Å²) < 4.78 is 17.4. The quantitative estimate of drug-likeness (QED) is 0.685. The van der Waals surface area contributed by atoms with Gasteiger partial charge >= 0.3 is 0 Å². The lowest BCUT2D eigenvalue weighted by Gasteiger charge is -2.34. The molecular formula is C26H34N2O4. The summed E-state index contributed by atoms with van der Waals surface area (Å²) in [6.07, 6.45) is 2.14. The van der Waals surface area contributed by atoms with E-state index in [1.807, 2.05) is 35.2 Å². The van der Waals surface area contributed by atoms with Gasteiger partial charge in [0.2, 0.25) is 5.91 Å². The van der Waals surface area contributed by atoms with Crippen LogP contribution in [0.3, 0.4) is 0 Å². The minimum Gasteiger partial charge on any atom is -0.497 e. The molecule has 2 aromatic carbocycles. The smallest absolute Gasteiger partial charge is 0.236 e. The lowest BCUT2D eigenvalue weighted by atomic mass is 9.99. The lowest BCUT2D eigenvalue weighted by molar-refractivity contribution is -0.134. The monoisotopic (exact) mass is 438 g/mol. The highest BCUT2D eigenvalue weighted by molar-refractivity contribution is 5.78. The third-order valence-electron chi connectivity index (χ3n) is 6.21. The van der Waals surface area contributed by atoms with Gasteiger partial charge in [-0.2, -0.15) is 0 Å². The average Bonchev–Trinajstić information content (AvgIpc) is 2.95. The van der Waals surface area contributed by atoms with E-state index in [0.717, 1.165) is 61.8 Å². The zero-order chi connectivity index (χ0) is 22.5. The van der Waals surface area contributed by atoms with E-state index in [-0.39, 0.29) is 12.0 Å². The lowest BCUT2D eigenvalue weighted by Crippen LogP contribution is -2.46. The fourth-order valence-electron chi connectivity index (χ4n) is 4.61. The molecule has 6 heteroatoms. The molecule has 0 radical (unpaired) electrons. The molecule has 172 valence electrons. The van der Waals surface area contributed by atoms with E-state index in [1.54, 1.807) is 7.11 Å². The molecule has 2 heterocycles. The van der Waals surface area contributed by atoms with Gasteiger partial charge in [-0.1, -0.05) is 23.8 Å². The second kappa shape index (κ2) is 10.3. The van der Waals surface area contributed by atoms with Crippen molar-refractivity contribution in [3.63, 3.8) is 0 Å². The van der Waals surface area contributed by atoms with E-state index >= 15 is 0 Å². The van der Waals surface area contributed by atoms with Crippen LogP contribution in [-0.4, -0.2) is 61.7 Å². The van der Waals surface area contributed by atoms with Crippen molar-refractivity contribution in [1.82, 2.24) is 9.80 Å². The van der Waals surface area contributed by atoms with Crippen LogP contribution in [0, 0.1) is 12.8 Å². The number of hydrogen-bond donors (Lipinski definition) is 0. The van der Waals surface area contributed by atoms with Gasteiger partial charge in [0.1, 0.15) is 23.4 Å². The number of benzene rings is 2. The molecule has 0 aliphatic carbocycles. The zero-order valence-corrected chi connectivity index (χ0v) is 19.4. The molecule has 0 N–H and O–H groups in total. The van der Waals surface area contributed by atoms with Gasteiger partial charge in [-0.15, -0.1) is 0 Å². The average molecular weight is 439 g/mol. The minimum atomic E-state index is 0.0529. The Kier molecular flexibility index (Phi) is 7.20. The van der Waals surface area contributed by atoms with E-state index in [0.29, 0.717) is 19.1 Å². The molecule has 4 rings (SSSR count). The van der Waals surface area contributed by atoms with Crippen molar-refractivity contribution in [3.05, 3.63) is 53.6 Å². The number of likely N-dealkylation sites (tertiary alicyclic amines) is 1. The normalized spacial score (nSPS) is 21.3. The number of piperidine rings is 1. The summed E-state index contributed by atoms with van der Waals surface area (Å²) in [4.78, 5) is 17.4. The summed E-state index contributed by atoms with van der Waals surface area (Å²) in [6, 6.07) is 14.0. The predicted octanol–water partition coefficient (Wildman–Crippen LogP) is 3.90. The summed E-state index contributed by atoms with van der Waals surface area (Å²) in [5.74, 6) is 3.06. The van der Waals surface area contributed by atoms with Gasteiger partial charge in [0.05, 0.1) is 20.3 Å². The molecule has 2 aliphatic heterocycles. The van der Waals surface area contributed by atoms with Crippen LogP contribution in [0.25, 0.3) is 0 Å². The fourth-order valence-corrected chi connectivity index (χ4v) is 4.61. The van der Waals surface area contributed by atoms with Gasteiger partial charge < -0.3 is 19.1 Å². The highest BCUT2D eigenvalue weighted by Gasteiger charge is 2.27. The van der Waals surface area contributed by atoms with Crippen molar-refractivity contribution >= 4 is 5.91 Å². The van der Waals surface area contributed by atoms with Crippen LogP contribution in [0.2, 0.25) is 0 Å². The molecule has 2 unspecified atom stereocenters. The van der Waals surface area contributed by atoms with Crippen LogP contribution in [0.5, 0.6) is 17.2 Å². The Morgan fingerprint density at radius 3 is 2.84 bits per heavy atom. The largest absolute Gasteiger partial charge is 0.497 e. The Bertz CT molecular complexity index is 932. The van der Waals surface area contributed by atoms with Crippen molar-refractivity contribution in [2.45, 2.75) is 39.3 Å². The van der Waals surface area contributed by atoms with E-state index in [9.17, 15) is 4.79 Å². The summed E-state index contributed by atoms with van der Waals surface area (Å²) in [5.41, 5.74) is 2.37. The van der Waals surface area contributed by atoms with Crippen LogP contribution in [0.1, 0.15) is 30.9 Å². The molecule has 6 nitrogen and oxygen atoms in total. The molecule has 0 saturated carbocycles. The molecule has 2 aliphatic rings. The highest BCUT2D eigenvalue weighted by atomic mass is 16.5. The van der Waals surface area contributed by atoms with Crippen LogP contribution >= 0.6 is 0 Å². The number of carbonyl (C=O) groups excluding carboxylic acids is 1. The maximum atomic E-state index is 13.2. The molecule has 0 bridgehead atoms. The Balaban J connectivity index is 1.32. The molecule has 1 fully saturated rings. The topological polar surface area (TPSA) is 51.2 Å². The zero-order valence-electron chi connectivity index (χ0n) is 19.4. The molecule has 2 atom stereocenters. The Labute approximate surface area is 191 Å². The fraction of sp³-hybridized carbons (Fsp3) is 0.500. The molecule has 0 spiro atoms. The molecular weight excluding hydrogens is 404 g/mol. The van der Waals surface area contributed by atoms with Crippen molar-refractivity contribution in [2.24, 2.45) is 5.92 Å². The highest BCUT2D eigenvalue weighted by Crippen LogP contribution is 2.27. The standard InChI is InChI=1S/C26H34N2O4/c1-19-9-10-25-22(12-19)16-27(14-20(2)32-25)17-26(29)28-11-5-6-21(15-28)18-31-24-8-4-7-23(13-24)30-3/h4,7-10,12-13,20-21H,5-6,11,14-18H2,1-3H3. The van der Waals surface area contributed by atoms with E-state index in [4.69, 9.17) is 14.2 Å². The summed E-state index contributed by atoms with van der Waals surface area (Å²) in [6.45, 7) is 8.25. The number of nitrogens with zero attached hydrogens (tertiary/aromatic N) is 2. The Morgan fingerprint density at radius 2 is 2.00 bits per heavy atom. The van der Waals surface area contributed by atoms with Crippen LogP contribution < -0.4 is 14.2 Å². The van der Waals surface area contributed by atoms with Crippen LogP contribution in [0.4, 0.5) is 0 Å². The molecule has 0 aromatic heterocycles. The van der Waals surface area contributed by atoms with E-state index in [2.05, 4.69) is 30.9 Å². The third-order valence-corrected chi connectivity index (χ3v) is 6.21. The molecule has 1 saturated heterocycles. The number of carbonyl (C=O) groups is 1. The molecule has 32 heavy (non-hydrogen) atoms. The summed E-state index contributed by atoms with van der Waals surface area (Å²) >= 11 is 0. The number of rotatable bonds is 6. The second-order valence-electron chi connectivity index (χ2n) is 9.05. The number of methoxy groups -OCH3 is 1. The predicted molar refractivity (Wildman–Crippen MR) is 124 cm³/mol. The Hall–Kier alpha value is -2.73. The maximum absolute atomic E-state index is 13.2. The first-order chi connectivity index (χ1) is 15.5. The SMILES string of the molecule is COc1cccc(OCC2CCCN(C(=O)CN3Cc4cc(C)ccc4OC(C)C3)C2)c1. The number of ether oxygens (including phenoxy) is 3. The number of hydrogen-bond acceptors (Lipinski definition) is 5. The summed E-state index contributed by atoms with van der Waals surface area (Å²) in [7, 11) is 1.65. The maximum Gasteiger partial charge on any atom is 0.236 e. The first kappa shape index (κ1) is 22.5. The number of amides is 1. The third kappa shape index (κ3) is 5.74. The van der Waals surface area contributed by atoms with E-state index in [1.165, 1.54) is 5.56 Å². The van der Waals surface area contributed by atoms with Crippen molar-refractivity contribution in [1.29, 1.82) is 0 Å². The van der Waals surface area contributed by atoms with Crippen molar-refractivity contribution < 1.29 is 19.0 Å². The summed E-state index contributed by atoms with van der Waals surface area (Å²) in [5, 5.41) is 0. The molecule has 1 amide bonds. The minimum absolute atomic E-state index is 0.0529. The van der Waals surface area contributed by atoms with Gasteiger partial charge in [0.25, 0.3) is 0 Å². The van der Waals surface area contributed by atoms with Crippen LogP contribution in [0.15, 0.2) is 42.5 Å². The van der Waals surface area contributed by atoms with Gasteiger partial charge in [0.15, 0.2) is 0 Å². The van der Waals surface area contributed by atoms with Gasteiger partial charge in [-0.25, -0.2) is 0 Å². The first-order valence-corrected chi connectivity index (χ1v) is 11.5. The van der Waals surface area contributed by atoms with Crippen molar-refractivity contribution in [3.8, 4) is 17.2 Å². The van der Waals surface area contributed by atoms with Gasteiger partial charge in [-0.05, 0) is 44.9 Å².